The van der Waals surface area contributed by atoms with Crippen molar-refractivity contribution >= 4 is 0 Å². The Labute approximate surface area is 108 Å². The highest BCUT2D eigenvalue weighted by Gasteiger charge is 2.54. The molecule has 2 nitrogen and oxygen atoms in total. The molecule has 0 aromatic heterocycles. The van der Waals surface area contributed by atoms with Crippen LogP contribution in [0.2, 0.25) is 0 Å². The lowest BCUT2D eigenvalue weighted by atomic mass is 9.98. The van der Waals surface area contributed by atoms with E-state index in [0.717, 1.165) is 17.4 Å². The lowest BCUT2D eigenvalue weighted by molar-refractivity contribution is 0.455. The van der Waals surface area contributed by atoms with Gasteiger partial charge < -0.3 is 0 Å². The Morgan fingerprint density at radius 2 is 1.94 bits per heavy atom. The molecule has 0 saturated heterocycles. The second-order valence-corrected chi connectivity index (χ2v) is 5.84. The summed E-state index contributed by atoms with van der Waals surface area (Å²) >= 11 is 0. The predicted octanol–water partition coefficient (Wildman–Crippen LogP) is 3.07. The first-order valence-electron chi connectivity index (χ1n) is 6.94. The number of hydrogen-bond donors (Lipinski definition) is 2. The van der Waals surface area contributed by atoms with Gasteiger partial charge in [-0.1, -0.05) is 25.0 Å². The topological polar surface area (TPSA) is 38.0 Å². The van der Waals surface area contributed by atoms with Crippen LogP contribution in [0.1, 0.15) is 42.9 Å². The fourth-order valence-corrected chi connectivity index (χ4v) is 3.83. The third-order valence-corrected chi connectivity index (χ3v) is 4.83. The first-order chi connectivity index (χ1) is 8.72. The van der Waals surface area contributed by atoms with E-state index in [0.29, 0.717) is 11.5 Å². The minimum absolute atomic E-state index is 0.136. The van der Waals surface area contributed by atoms with E-state index in [2.05, 4.69) is 5.43 Å². The maximum absolute atomic E-state index is 13.3. The van der Waals surface area contributed by atoms with Crippen LogP contribution in [0.3, 0.4) is 0 Å². The Balaban J connectivity index is 1.82. The van der Waals surface area contributed by atoms with E-state index in [1.54, 1.807) is 6.07 Å². The van der Waals surface area contributed by atoms with Gasteiger partial charge >= 0.3 is 0 Å². The van der Waals surface area contributed by atoms with Crippen molar-refractivity contribution < 1.29 is 4.39 Å². The molecule has 0 amide bonds. The van der Waals surface area contributed by atoms with Crippen molar-refractivity contribution in [1.82, 2.24) is 5.43 Å². The number of fused-ring (bicyclic) bond motifs is 1. The Kier molecular flexibility index (Phi) is 3.12. The zero-order valence-corrected chi connectivity index (χ0v) is 10.8. The van der Waals surface area contributed by atoms with Gasteiger partial charge in [-0.25, -0.2) is 4.39 Å². The fraction of sp³-hybridized carbons (Fsp3) is 0.600. The minimum atomic E-state index is -0.136. The van der Waals surface area contributed by atoms with Gasteiger partial charge in [-0.15, -0.1) is 0 Å². The molecule has 3 rings (SSSR count). The number of rotatable bonds is 3. The van der Waals surface area contributed by atoms with E-state index in [4.69, 9.17) is 5.84 Å². The number of nitrogens with two attached hydrogens (primary N) is 1. The molecule has 2 aliphatic carbocycles. The fourth-order valence-electron chi connectivity index (χ4n) is 3.83. The highest BCUT2D eigenvalue weighted by Crippen LogP contribution is 2.60. The smallest absolute Gasteiger partial charge is 0.126 e. The highest BCUT2D eigenvalue weighted by molar-refractivity contribution is 5.28. The number of aryl methyl sites for hydroxylation is 1. The number of hydrazine groups is 1. The van der Waals surface area contributed by atoms with Crippen LogP contribution in [0.25, 0.3) is 0 Å². The van der Waals surface area contributed by atoms with E-state index in [-0.39, 0.29) is 11.9 Å². The third kappa shape index (κ3) is 1.95. The van der Waals surface area contributed by atoms with Crippen LogP contribution >= 0.6 is 0 Å². The maximum Gasteiger partial charge on any atom is 0.126 e. The highest BCUT2D eigenvalue weighted by atomic mass is 19.1. The normalized spacial score (nSPS) is 31.8. The van der Waals surface area contributed by atoms with Crippen LogP contribution in [0.15, 0.2) is 18.2 Å². The zero-order valence-electron chi connectivity index (χ0n) is 10.8. The summed E-state index contributed by atoms with van der Waals surface area (Å²) in [5.74, 6) is 7.94. The summed E-state index contributed by atoms with van der Waals surface area (Å²) < 4.78 is 13.3. The van der Waals surface area contributed by atoms with Crippen LogP contribution in [0, 0.1) is 30.5 Å². The second-order valence-electron chi connectivity index (χ2n) is 5.84. The first-order valence-corrected chi connectivity index (χ1v) is 6.94. The molecular weight excluding hydrogens is 227 g/mol. The molecule has 0 radical (unpaired) electrons. The molecule has 0 heterocycles. The van der Waals surface area contributed by atoms with Crippen molar-refractivity contribution in [2.45, 2.75) is 38.6 Å². The molecule has 2 saturated carbocycles. The molecule has 3 unspecified atom stereocenters. The number of nitrogens with one attached hydrogen (secondary N) is 1. The summed E-state index contributed by atoms with van der Waals surface area (Å²) in [6.07, 6.45) is 5.40. The predicted molar refractivity (Wildman–Crippen MR) is 70.1 cm³/mol. The monoisotopic (exact) mass is 248 g/mol. The molecule has 3 N–H and O–H groups in total. The SMILES string of the molecule is Cc1cc(C(NN)C2C3CCCCC32)ccc1F. The van der Waals surface area contributed by atoms with Crippen LogP contribution < -0.4 is 11.3 Å². The first kappa shape index (κ1) is 12.1. The number of benzene rings is 1. The minimum Gasteiger partial charge on any atom is -0.271 e. The molecule has 0 spiro atoms. The Hall–Kier alpha value is -0.930. The lowest BCUT2D eigenvalue weighted by Gasteiger charge is -2.17. The van der Waals surface area contributed by atoms with Crippen molar-refractivity contribution in [2.24, 2.45) is 23.6 Å². The summed E-state index contributed by atoms with van der Waals surface area (Å²) in [6.45, 7) is 1.81. The van der Waals surface area contributed by atoms with Gasteiger partial charge in [0.15, 0.2) is 0 Å². The van der Waals surface area contributed by atoms with Crippen molar-refractivity contribution in [3.63, 3.8) is 0 Å². The zero-order chi connectivity index (χ0) is 12.7. The Morgan fingerprint density at radius 3 is 2.50 bits per heavy atom. The van der Waals surface area contributed by atoms with Crippen LogP contribution in [0.5, 0.6) is 0 Å². The van der Waals surface area contributed by atoms with E-state index in [1.807, 2.05) is 19.1 Å². The molecular formula is C15H21FN2. The molecule has 3 heteroatoms. The molecule has 2 fully saturated rings. The van der Waals surface area contributed by atoms with Crippen molar-refractivity contribution in [2.75, 3.05) is 0 Å². The Bertz CT molecular complexity index is 434. The molecule has 18 heavy (non-hydrogen) atoms. The van der Waals surface area contributed by atoms with Crippen LogP contribution in [-0.2, 0) is 0 Å². The van der Waals surface area contributed by atoms with Gasteiger partial charge in [0.05, 0.1) is 0 Å². The van der Waals surface area contributed by atoms with Crippen LogP contribution in [0.4, 0.5) is 4.39 Å². The summed E-state index contributed by atoms with van der Waals surface area (Å²) in [6, 6.07) is 5.56. The Morgan fingerprint density at radius 1 is 1.28 bits per heavy atom. The van der Waals surface area contributed by atoms with Gasteiger partial charge in [0.25, 0.3) is 0 Å². The summed E-state index contributed by atoms with van der Waals surface area (Å²) in [4.78, 5) is 0. The molecule has 0 bridgehead atoms. The average Bonchev–Trinajstić information content (AvgIpc) is 3.09. The third-order valence-electron chi connectivity index (χ3n) is 4.83. The van der Waals surface area contributed by atoms with Crippen LogP contribution in [-0.4, -0.2) is 0 Å². The molecule has 2 aliphatic rings. The van der Waals surface area contributed by atoms with Gasteiger partial charge in [0, 0.05) is 6.04 Å². The second kappa shape index (κ2) is 4.63. The quantitative estimate of drug-likeness (QED) is 0.637. The lowest BCUT2D eigenvalue weighted by Crippen LogP contribution is -2.30. The van der Waals surface area contributed by atoms with E-state index in [1.165, 1.54) is 25.7 Å². The molecule has 3 atom stereocenters. The largest absolute Gasteiger partial charge is 0.271 e. The van der Waals surface area contributed by atoms with Gasteiger partial charge in [0.1, 0.15) is 5.82 Å². The summed E-state index contributed by atoms with van der Waals surface area (Å²) in [5.41, 5.74) is 4.80. The molecule has 1 aromatic carbocycles. The van der Waals surface area contributed by atoms with Crippen molar-refractivity contribution in [3.05, 3.63) is 35.1 Å². The standard InChI is InChI=1S/C15H21FN2/c1-9-8-10(6-7-13(9)16)15(18-17)14-11-4-2-3-5-12(11)14/h6-8,11-12,14-15,18H,2-5,17H2,1H3. The number of hydrogen-bond acceptors (Lipinski definition) is 2. The summed E-state index contributed by atoms with van der Waals surface area (Å²) in [5, 5.41) is 0. The van der Waals surface area contributed by atoms with E-state index in [9.17, 15) is 4.39 Å². The summed E-state index contributed by atoms with van der Waals surface area (Å²) in [7, 11) is 0. The average molecular weight is 248 g/mol. The van der Waals surface area contributed by atoms with Gasteiger partial charge in [0.2, 0.25) is 0 Å². The van der Waals surface area contributed by atoms with Crippen molar-refractivity contribution in [3.8, 4) is 0 Å². The van der Waals surface area contributed by atoms with Gasteiger partial charge in [-0.2, -0.15) is 0 Å². The molecule has 98 valence electrons. The van der Waals surface area contributed by atoms with Crippen molar-refractivity contribution in [1.29, 1.82) is 0 Å². The molecule has 0 aliphatic heterocycles. The molecule has 1 aromatic rings. The number of halogens is 1. The maximum atomic E-state index is 13.3. The van der Waals surface area contributed by atoms with E-state index >= 15 is 0 Å². The van der Waals surface area contributed by atoms with Gasteiger partial charge in [-0.05, 0) is 54.7 Å². The van der Waals surface area contributed by atoms with Gasteiger partial charge in [-0.3, -0.25) is 11.3 Å². The van der Waals surface area contributed by atoms with E-state index < -0.39 is 0 Å².